The minimum absolute atomic E-state index is 0.255. The summed E-state index contributed by atoms with van der Waals surface area (Å²) in [4.78, 5) is 20.6. The molecule has 2 aromatic carbocycles. The normalized spacial score (nSPS) is 10.6. The van der Waals surface area contributed by atoms with Crippen molar-refractivity contribution in [2.75, 3.05) is 0 Å². The number of rotatable bonds is 2. The molecule has 3 aromatic rings. The summed E-state index contributed by atoms with van der Waals surface area (Å²) in [6.45, 7) is 0. The van der Waals surface area contributed by atoms with E-state index in [2.05, 4.69) is 9.97 Å². The molecule has 92 valence electrons. The third kappa shape index (κ3) is 2.20. The van der Waals surface area contributed by atoms with Crippen LogP contribution < -0.4 is 0 Å². The predicted molar refractivity (Wildman–Crippen MR) is 69.4 cm³/mol. The van der Waals surface area contributed by atoms with Crippen LogP contribution in [0.1, 0.15) is 16.1 Å². The number of nitrogens with zero attached hydrogens (tertiary/aromatic N) is 2. The molecule has 0 unspecified atom stereocenters. The minimum Gasteiger partial charge on any atom is -0.287 e. The number of halogens is 1. The van der Waals surface area contributed by atoms with E-state index < -0.39 is 0 Å². The molecule has 0 bridgehead atoms. The molecule has 19 heavy (non-hydrogen) atoms. The molecule has 0 saturated carbocycles. The van der Waals surface area contributed by atoms with Gasteiger partial charge in [-0.1, -0.05) is 12.1 Å². The summed E-state index contributed by atoms with van der Waals surface area (Å²) in [6.07, 6.45) is 1.44. The van der Waals surface area contributed by atoms with Crippen LogP contribution in [-0.2, 0) is 0 Å². The molecule has 0 aliphatic heterocycles. The van der Waals surface area contributed by atoms with Gasteiger partial charge in [-0.2, -0.15) is 0 Å². The number of hydrogen-bond acceptors (Lipinski definition) is 3. The summed E-state index contributed by atoms with van der Waals surface area (Å²) in [5.74, 6) is -0.639. The van der Waals surface area contributed by atoms with Crippen molar-refractivity contribution in [2.24, 2.45) is 0 Å². The van der Waals surface area contributed by atoms with Gasteiger partial charge in [-0.3, -0.25) is 9.78 Å². The molecule has 0 spiro atoms. The first-order valence-electron chi connectivity index (χ1n) is 5.76. The molecule has 0 atom stereocenters. The Morgan fingerprint density at radius 3 is 2.37 bits per heavy atom. The van der Waals surface area contributed by atoms with Gasteiger partial charge in [-0.15, -0.1) is 0 Å². The third-order valence-corrected chi connectivity index (χ3v) is 2.79. The van der Waals surface area contributed by atoms with E-state index >= 15 is 0 Å². The highest BCUT2D eigenvalue weighted by molar-refractivity contribution is 6.08. The van der Waals surface area contributed by atoms with Gasteiger partial charge in [0.15, 0.2) is 0 Å². The van der Waals surface area contributed by atoms with Crippen LogP contribution in [0.15, 0.2) is 54.7 Å². The van der Waals surface area contributed by atoms with Crippen LogP contribution in [0.2, 0.25) is 0 Å². The highest BCUT2D eigenvalue weighted by Gasteiger charge is 2.11. The Hall–Kier alpha value is -2.62. The van der Waals surface area contributed by atoms with E-state index in [9.17, 15) is 9.18 Å². The first kappa shape index (κ1) is 11.5. The highest BCUT2D eigenvalue weighted by atomic mass is 19.1. The van der Waals surface area contributed by atoms with Crippen LogP contribution >= 0.6 is 0 Å². The zero-order chi connectivity index (χ0) is 13.2. The Bertz CT molecular complexity index is 753. The van der Waals surface area contributed by atoms with Crippen LogP contribution in [0, 0.1) is 5.82 Å². The standard InChI is InChI=1S/C15H9FN2O/c16-11-7-5-10(6-8-11)15(19)14-9-17-12-3-1-2-4-13(12)18-14/h1-9H. The number of ketones is 1. The van der Waals surface area contributed by atoms with Crippen molar-refractivity contribution in [1.29, 1.82) is 0 Å². The van der Waals surface area contributed by atoms with Gasteiger partial charge in [0.1, 0.15) is 11.5 Å². The molecule has 3 nitrogen and oxygen atoms in total. The Labute approximate surface area is 108 Å². The maximum atomic E-state index is 12.8. The Balaban J connectivity index is 2.04. The number of benzene rings is 2. The van der Waals surface area contributed by atoms with Crippen LogP contribution in [0.4, 0.5) is 4.39 Å². The number of fused-ring (bicyclic) bond motifs is 1. The molecule has 0 N–H and O–H groups in total. The lowest BCUT2D eigenvalue weighted by Gasteiger charge is -2.02. The van der Waals surface area contributed by atoms with E-state index in [0.717, 1.165) is 5.52 Å². The van der Waals surface area contributed by atoms with Gasteiger partial charge in [0, 0.05) is 5.56 Å². The quantitative estimate of drug-likeness (QED) is 0.658. The van der Waals surface area contributed by atoms with Gasteiger partial charge in [0.05, 0.1) is 17.2 Å². The average molecular weight is 252 g/mol. The molecule has 0 aliphatic carbocycles. The number of carbonyl (C=O) groups is 1. The van der Waals surface area contributed by atoms with Crippen molar-refractivity contribution in [3.05, 3.63) is 71.8 Å². The van der Waals surface area contributed by atoms with E-state index in [-0.39, 0.29) is 17.3 Å². The van der Waals surface area contributed by atoms with Gasteiger partial charge in [0.25, 0.3) is 0 Å². The molecule has 0 aliphatic rings. The number of aromatic nitrogens is 2. The van der Waals surface area contributed by atoms with Crippen molar-refractivity contribution in [3.8, 4) is 0 Å². The van der Waals surface area contributed by atoms with Crippen LogP contribution in [0.3, 0.4) is 0 Å². The largest absolute Gasteiger partial charge is 0.287 e. The van der Waals surface area contributed by atoms with Crippen LogP contribution in [0.25, 0.3) is 11.0 Å². The maximum Gasteiger partial charge on any atom is 0.212 e. The zero-order valence-electron chi connectivity index (χ0n) is 9.88. The van der Waals surface area contributed by atoms with Gasteiger partial charge in [-0.05, 0) is 36.4 Å². The van der Waals surface area contributed by atoms with Gasteiger partial charge < -0.3 is 0 Å². The lowest BCUT2D eigenvalue weighted by atomic mass is 10.1. The molecule has 1 heterocycles. The Kier molecular flexibility index (Phi) is 2.76. The number of carbonyl (C=O) groups excluding carboxylic acids is 1. The lowest BCUT2D eigenvalue weighted by Crippen LogP contribution is -2.05. The van der Waals surface area contributed by atoms with Crippen molar-refractivity contribution in [2.45, 2.75) is 0 Å². The molecular formula is C15H9FN2O. The zero-order valence-corrected chi connectivity index (χ0v) is 9.88. The molecular weight excluding hydrogens is 243 g/mol. The fraction of sp³-hybridized carbons (Fsp3) is 0. The van der Waals surface area contributed by atoms with E-state index in [4.69, 9.17) is 0 Å². The first-order chi connectivity index (χ1) is 9.24. The van der Waals surface area contributed by atoms with Crippen molar-refractivity contribution >= 4 is 16.8 Å². The van der Waals surface area contributed by atoms with E-state index in [1.165, 1.54) is 30.5 Å². The smallest absolute Gasteiger partial charge is 0.212 e. The van der Waals surface area contributed by atoms with E-state index in [0.29, 0.717) is 11.1 Å². The molecule has 3 rings (SSSR count). The summed E-state index contributed by atoms with van der Waals surface area (Å²) < 4.78 is 12.8. The molecule has 4 heteroatoms. The van der Waals surface area contributed by atoms with Crippen molar-refractivity contribution in [3.63, 3.8) is 0 Å². The minimum atomic E-state index is -0.374. The third-order valence-electron chi connectivity index (χ3n) is 2.79. The van der Waals surface area contributed by atoms with Gasteiger partial charge >= 0.3 is 0 Å². The summed E-state index contributed by atoms with van der Waals surface area (Å²) in [6, 6.07) is 12.7. The van der Waals surface area contributed by atoms with E-state index in [1.54, 1.807) is 6.07 Å². The van der Waals surface area contributed by atoms with Gasteiger partial charge in [-0.25, -0.2) is 9.37 Å². The van der Waals surface area contributed by atoms with Crippen LogP contribution in [-0.4, -0.2) is 15.8 Å². The summed E-state index contributed by atoms with van der Waals surface area (Å²) in [5, 5.41) is 0. The summed E-state index contributed by atoms with van der Waals surface area (Å²) in [5.41, 5.74) is 2.05. The summed E-state index contributed by atoms with van der Waals surface area (Å²) in [7, 11) is 0. The fourth-order valence-electron chi connectivity index (χ4n) is 1.82. The SMILES string of the molecule is O=C(c1ccc(F)cc1)c1cnc2ccccc2n1. The van der Waals surface area contributed by atoms with Gasteiger partial charge in [0.2, 0.25) is 5.78 Å². The monoisotopic (exact) mass is 252 g/mol. The molecule has 1 aromatic heterocycles. The van der Waals surface area contributed by atoms with E-state index in [1.807, 2.05) is 18.2 Å². The number of para-hydroxylation sites is 2. The number of hydrogen-bond donors (Lipinski definition) is 0. The second-order valence-electron chi connectivity index (χ2n) is 4.08. The second kappa shape index (κ2) is 4.57. The highest BCUT2D eigenvalue weighted by Crippen LogP contribution is 2.12. The summed E-state index contributed by atoms with van der Waals surface area (Å²) >= 11 is 0. The fourth-order valence-corrected chi connectivity index (χ4v) is 1.82. The topological polar surface area (TPSA) is 42.9 Å². The van der Waals surface area contributed by atoms with Crippen molar-refractivity contribution < 1.29 is 9.18 Å². The van der Waals surface area contributed by atoms with Crippen molar-refractivity contribution in [1.82, 2.24) is 9.97 Å². The lowest BCUT2D eigenvalue weighted by molar-refractivity contribution is 0.103. The van der Waals surface area contributed by atoms with Crippen LogP contribution in [0.5, 0.6) is 0 Å². The maximum absolute atomic E-state index is 12.8. The Morgan fingerprint density at radius 1 is 0.947 bits per heavy atom. The predicted octanol–water partition coefficient (Wildman–Crippen LogP) is 3.00. The molecule has 0 amide bonds. The first-order valence-corrected chi connectivity index (χ1v) is 5.76. The molecule has 0 fully saturated rings. The molecule has 0 saturated heterocycles. The molecule has 0 radical (unpaired) electrons. The average Bonchev–Trinajstić information content (AvgIpc) is 2.47. The second-order valence-corrected chi connectivity index (χ2v) is 4.08. The Morgan fingerprint density at radius 2 is 1.63 bits per heavy atom.